The van der Waals surface area contributed by atoms with Crippen LogP contribution in [0.1, 0.15) is 22.9 Å². The summed E-state index contributed by atoms with van der Waals surface area (Å²) in [6.07, 6.45) is -6.80. The SMILES string of the molecule is [2H]c1c([2H])c(C([2H])([2H])C([2H])([2H])C(=O)O)c([2H])c([2H])c1O. The molecule has 12 heavy (non-hydrogen) atoms. The molecule has 1 rings (SSSR count). The van der Waals surface area contributed by atoms with Gasteiger partial charge in [0.1, 0.15) is 5.75 Å². The van der Waals surface area contributed by atoms with Crippen molar-refractivity contribution in [1.29, 1.82) is 0 Å². The van der Waals surface area contributed by atoms with E-state index >= 15 is 0 Å². The molecule has 0 bridgehead atoms. The fraction of sp³-hybridized carbons (Fsp3) is 0.222. The van der Waals surface area contributed by atoms with Crippen LogP contribution in [-0.2, 0) is 11.2 Å². The molecule has 0 radical (unpaired) electrons. The maximum absolute atomic E-state index is 10.8. The first-order valence-corrected chi connectivity index (χ1v) is 2.90. The van der Waals surface area contributed by atoms with Gasteiger partial charge in [0.15, 0.2) is 0 Å². The van der Waals surface area contributed by atoms with Gasteiger partial charge in [-0.1, -0.05) is 12.1 Å². The summed E-state index contributed by atoms with van der Waals surface area (Å²) in [5, 5.41) is 18.1. The van der Waals surface area contributed by atoms with Crippen LogP contribution in [-0.4, -0.2) is 16.2 Å². The van der Waals surface area contributed by atoms with Gasteiger partial charge in [0, 0.05) is 11.9 Å². The Labute approximate surface area is 81.5 Å². The number of phenols is 1. The first-order valence-electron chi connectivity index (χ1n) is 6.90. The molecule has 3 heteroatoms. The van der Waals surface area contributed by atoms with Gasteiger partial charge in [-0.2, -0.15) is 0 Å². The molecule has 0 unspecified atom stereocenters. The third-order valence-corrected chi connectivity index (χ3v) is 0.906. The fourth-order valence-electron chi connectivity index (χ4n) is 0.484. The predicted molar refractivity (Wildman–Crippen MR) is 44.1 cm³/mol. The van der Waals surface area contributed by atoms with Crippen molar-refractivity contribution in [2.24, 2.45) is 0 Å². The minimum absolute atomic E-state index is 0.967. The second kappa shape index (κ2) is 3.76. The molecular formula is C9H10O3. The molecule has 0 spiro atoms. The molecule has 1 aromatic carbocycles. The second-order valence-electron chi connectivity index (χ2n) is 1.78. The number of phenolic OH excluding ortho intramolecular Hbond substituents is 1. The molecule has 0 atom stereocenters. The van der Waals surface area contributed by atoms with Crippen LogP contribution in [0.2, 0.25) is 0 Å². The Morgan fingerprint density at radius 1 is 1.50 bits per heavy atom. The van der Waals surface area contributed by atoms with Crippen LogP contribution >= 0.6 is 0 Å². The smallest absolute Gasteiger partial charge is 0.303 e. The van der Waals surface area contributed by atoms with Crippen LogP contribution in [0.4, 0.5) is 0 Å². The van der Waals surface area contributed by atoms with E-state index in [1.54, 1.807) is 0 Å². The van der Waals surface area contributed by atoms with Crippen LogP contribution < -0.4 is 0 Å². The lowest BCUT2D eigenvalue weighted by molar-refractivity contribution is -0.136. The normalized spacial score (nSPS) is 21.7. The number of rotatable bonds is 3. The Kier molecular flexibility index (Phi) is 0.866. The summed E-state index contributed by atoms with van der Waals surface area (Å²) in [5.41, 5.74) is -1.06. The van der Waals surface area contributed by atoms with Gasteiger partial charge in [-0.15, -0.1) is 0 Å². The van der Waals surface area contributed by atoms with E-state index in [9.17, 15) is 9.90 Å². The van der Waals surface area contributed by atoms with Crippen molar-refractivity contribution in [3.63, 3.8) is 0 Å². The largest absolute Gasteiger partial charge is 0.508 e. The average molecular weight is 174 g/mol. The second-order valence-corrected chi connectivity index (χ2v) is 1.78. The zero-order chi connectivity index (χ0) is 16.0. The standard InChI is InChI=1S/C9H10O3/c10-8-4-1-7(2-5-8)3-6-9(11)12/h1-2,4-5,10H,3,6H2,(H,11,12)/i1D,2D,3D2,4D,5D,6D2. The van der Waals surface area contributed by atoms with Crippen molar-refractivity contribution in [2.75, 3.05) is 0 Å². The Balaban J connectivity index is 3.76. The molecule has 3 nitrogen and oxygen atoms in total. The van der Waals surface area contributed by atoms with Crippen molar-refractivity contribution < 1.29 is 26.0 Å². The molecule has 0 amide bonds. The maximum Gasteiger partial charge on any atom is 0.303 e. The summed E-state index contributed by atoms with van der Waals surface area (Å²) < 4.78 is 59.3. The van der Waals surface area contributed by atoms with E-state index in [1.807, 2.05) is 0 Å². The summed E-state index contributed by atoms with van der Waals surface area (Å²) in [4.78, 5) is 10.8. The summed E-state index contributed by atoms with van der Waals surface area (Å²) in [7, 11) is 0. The number of aromatic hydroxyl groups is 1. The molecule has 0 saturated carbocycles. The molecule has 0 aliphatic rings. The van der Waals surface area contributed by atoms with Gasteiger partial charge in [-0.25, -0.2) is 0 Å². The molecule has 0 fully saturated rings. The van der Waals surface area contributed by atoms with Gasteiger partial charge in [0.05, 0.1) is 5.48 Å². The molecule has 0 aromatic heterocycles. The number of benzene rings is 1. The highest BCUT2D eigenvalue weighted by Crippen LogP contribution is 2.10. The third kappa shape index (κ3) is 2.62. The minimum Gasteiger partial charge on any atom is -0.508 e. The van der Waals surface area contributed by atoms with Crippen LogP contribution in [0, 0.1) is 0 Å². The van der Waals surface area contributed by atoms with Crippen molar-refractivity contribution in [2.45, 2.75) is 12.7 Å². The lowest BCUT2D eigenvalue weighted by Gasteiger charge is -1.97. The van der Waals surface area contributed by atoms with Crippen LogP contribution in [0.3, 0.4) is 0 Å². The van der Waals surface area contributed by atoms with E-state index < -0.39 is 54.2 Å². The average Bonchev–Trinajstić information content (AvgIpc) is 2.33. The number of aliphatic carboxylic acids is 1. The first kappa shape index (κ1) is 2.76. The molecular weight excluding hydrogens is 156 g/mol. The monoisotopic (exact) mass is 174 g/mol. The molecule has 0 aliphatic carbocycles. The van der Waals surface area contributed by atoms with Crippen molar-refractivity contribution in [3.05, 3.63) is 29.7 Å². The molecule has 0 saturated heterocycles. The number of carboxylic acids is 1. The highest BCUT2D eigenvalue weighted by Gasteiger charge is 1.98. The van der Waals surface area contributed by atoms with E-state index in [2.05, 4.69) is 0 Å². The number of hydrogen-bond acceptors (Lipinski definition) is 2. The Morgan fingerprint density at radius 2 is 2.08 bits per heavy atom. The summed E-state index contributed by atoms with van der Waals surface area (Å²) in [5.74, 6) is -3.16. The van der Waals surface area contributed by atoms with Gasteiger partial charge >= 0.3 is 5.97 Å². The van der Waals surface area contributed by atoms with Crippen LogP contribution in [0.5, 0.6) is 5.75 Å². The highest BCUT2D eigenvalue weighted by atomic mass is 16.4. The van der Waals surface area contributed by atoms with Gasteiger partial charge in [0.25, 0.3) is 0 Å². The molecule has 2 N–H and O–H groups in total. The predicted octanol–water partition coefficient (Wildman–Crippen LogP) is 1.41. The molecule has 1 aromatic rings. The van der Waals surface area contributed by atoms with E-state index in [1.165, 1.54) is 0 Å². The van der Waals surface area contributed by atoms with Crippen molar-refractivity contribution in [1.82, 2.24) is 0 Å². The Hall–Kier alpha value is -1.51. The highest BCUT2D eigenvalue weighted by molar-refractivity contribution is 5.67. The van der Waals surface area contributed by atoms with Crippen molar-refractivity contribution in [3.8, 4) is 5.75 Å². The lowest BCUT2D eigenvalue weighted by Crippen LogP contribution is -1.96. The van der Waals surface area contributed by atoms with E-state index in [0.717, 1.165) is 0 Å². The van der Waals surface area contributed by atoms with Gasteiger partial charge in [-0.05, 0) is 24.0 Å². The molecule has 64 valence electrons. The van der Waals surface area contributed by atoms with Gasteiger partial charge in [0.2, 0.25) is 0 Å². The third-order valence-electron chi connectivity index (χ3n) is 0.906. The van der Waals surface area contributed by atoms with E-state index in [-0.39, 0.29) is 0 Å². The number of hydrogen-bond donors (Lipinski definition) is 2. The maximum atomic E-state index is 10.8. The van der Waals surface area contributed by atoms with E-state index in [0.29, 0.717) is 0 Å². The van der Waals surface area contributed by atoms with E-state index in [4.69, 9.17) is 16.1 Å². The van der Waals surface area contributed by atoms with Crippen molar-refractivity contribution >= 4 is 5.97 Å². The topological polar surface area (TPSA) is 57.5 Å². The van der Waals surface area contributed by atoms with Crippen LogP contribution in [0.15, 0.2) is 24.2 Å². The summed E-state index contributed by atoms with van der Waals surface area (Å²) in [6, 6.07) is -3.99. The minimum atomic E-state index is -3.48. The fourth-order valence-corrected chi connectivity index (χ4v) is 0.484. The summed E-state index contributed by atoms with van der Waals surface area (Å²) in [6.45, 7) is 0. The Bertz CT molecular complexity index is 554. The number of carboxylic acid groups (broad SMARTS) is 1. The quantitative estimate of drug-likeness (QED) is 0.728. The zero-order valence-corrected chi connectivity index (χ0v) is 5.80. The van der Waals surface area contributed by atoms with Gasteiger partial charge in [-0.3, -0.25) is 4.79 Å². The molecule has 0 heterocycles. The Morgan fingerprint density at radius 3 is 2.58 bits per heavy atom. The van der Waals surface area contributed by atoms with Crippen LogP contribution in [0.25, 0.3) is 0 Å². The lowest BCUT2D eigenvalue weighted by atomic mass is 10.1. The van der Waals surface area contributed by atoms with Gasteiger partial charge < -0.3 is 10.2 Å². The molecule has 0 aliphatic heterocycles. The summed E-state index contributed by atoms with van der Waals surface area (Å²) >= 11 is 0. The zero-order valence-electron chi connectivity index (χ0n) is 13.8. The first-order chi connectivity index (χ1) is 8.87. The number of carbonyl (C=O) groups is 1.